The van der Waals surface area contributed by atoms with Crippen molar-refractivity contribution in [2.45, 2.75) is 63.8 Å². The minimum absolute atomic E-state index is 0.0264. The average Bonchev–Trinajstić information content (AvgIpc) is 3.50. The Labute approximate surface area is 180 Å². The summed E-state index contributed by atoms with van der Waals surface area (Å²) in [5.41, 5.74) is 1.71. The molecular weight excluding hydrogens is 400 g/mol. The van der Waals surface area contributed by atoms with E-state index in [-0.39, 0.29) is 29.7 Å². The van der Waals surface area contributed by atoms with Crippen molar-refractivity contribution in [1.82, 2.24) is 5.32 Å². The SMILES string of the molecule is O=C(NC1CCCC1)c1c(NC(=O)[C@H]2[C@@H](C(=O)O)[C@H]3C=C[C@H]2C3)sc2c1CCCC2. The summed E-state index contributed by atoms with van der Waals surface area (Å²) >= 11 is 1.51. The van der Waals surface area contributed by atoms with Crippen LogP contribution in [0.1, 0.15) is 65.7 Å². The van der Waals surface area contributed by atoms with Gasteiger partial charge in [0.05, 0.1) is 17.4 Å². The van der Waals surface area contributed by atoms with E-state index in [0.717, 1.165) is 63.4 Å². The van der Waals surface area contributed by atoms with Crippen LogP contribution in [0.2, 0.25) is 0 Å². The fourth-order valence-electron chi connectivity index (χ4n) is 5.93. The van der Waals surface area contributed by atoms with Gasteiger partial charge in [0.15, 0.2) is 0 Å². The lowest BCUT2D eigenvalue weighted by Gasteiger charge is -2.24. The summed E-state index contributed by atoms with van der Waals surface area (Å²) < 4.78 is 0. The number of fused-ring (bicyclic) bond motifs is 3. The first-order valence-corrected chi connectivity index (χ1v) is 12.0. The highest BCUT2D eigenvalue weighted by Crippen LogP contribution is 2.49. The number of anilines is 1. The molecule has 6 nitrogen and oxygen atoms in total. The van der Waals surface area contributed by atoms with E-state index < -0.39 is 17.8 Å². The lowest BCUT2D eigenvalue weighted by atomic mass is 9.82. The first kappa shape index (κ1) is 19.8. The van der Waals surface area contributed by atoms with Gasteiger partial charge >= 0.3 is 5.97 Å². The molecule has 2 saturated carbocycles. The van der Waals surface area contributed by atoms with Gasteiger partial charge in [-0.2, -0.15) is 0 Å². The number of carboxylic acids is 1. The second-order valence-electron chi connectivity index (χ2n) is 9.20. The van der Waals surface area contributed by atoms with Crippen molar-refractivity contribution >= 4 is 34.1 Å². The molecule has 0 saturated heterocycles. The van der Waals surface area contributed by atoms with Crippen LogP contribution in [-0.2, 0) is 22.4 Å². The van der Waals surface area contributed by atoms with E-state index in [1.165, 1.54) is 16.2 Å². The van der Waals surface area contributed by atoms with Crippen molar-refractivity contribution in [2.75, 3.05) is 5.32 Å². The Bertz CT molecular complexity index is 915. The molecular formula is C23H28N2O4S. The summed E-state index contributed by atoms with van der Waals surface area (Å²) in [6.45, 7) is 0. The van der Waals surface area contributed by atoms with Gasteiger partial charge in [0, 0.05) is 10.9 Å². The molecule has 160 valence electrons. The molecule has 0 spiro atoms. The molecule has 1 heterocycles. The predicted octanol–water partition coefficient (Wildman–Crippen LogP) is 3.76. The number of amides is 2. The van der Waals surface area contributed by atoms with Crippen LogP contribution in [0, 0.1) is 23.7 Å². The quantitative estimate of drug-likeness (QED) is 0.622. The predicted molar refractivity (Wildman–Crippen MR) is 115 cm³/mol. The molecule has 4 atom stereocenters. The molecule has 3 N–H and O–H groups in total. The second-order valence-corrected chi connectivity index (χ2v) is 10.3. The van der Waals surface area contributed by atoms with Crippen LogP contribution in [0.3, 0.4) is 0 Å². The van der Waals surface area contributed by atoms with Gasteiger partial charge in [-0.05, 0) is 62.3 Å². The maximum Gasteiger partial charge on any atom is 0.307 e. The van der Waals surface area contributed by atoms with Gasteiger partial charge in [-0.1, -0.05) is 25.0 Å². The Kier molecular flexibility index (Phi) is 5.17. The highest BCUT2D eigenvalue weighted by molar-refractivity contribution is 7.17. The van der Waals surface area contributed by atoms with Crippen molar-refractivity contribution in [1.29, 1.82) is 0 Å². The highest BCUT2D eigenvalue weighted by Gasteiger charge is 2.51. The van der Waals surface area contributed by atoms with E-state index in [1.807, 2.05) is 12.2 Å². The summed E-state index contributed by atoms with van der Waals surface area (Å²) in [6, 6.07) is 0.215. The standard InChI is InChI=1S/C23H28N2O4S/c26-20(17-12-9-10-13(11-12)18(17)23(28)29)25-22-19(15-7-3-4-8-16(15)30-22)21(27)24-14-5-1-2-6-14/h9-10,12-14,17-18H,1-8,11H2,(H,24,27)(H,25,26)(H,28,29)/t12-,13-,17+,18-/m0/s1. The van der Waals surface area contributed by atoms with Crippen LogP contribution in [-0.4, -0.2) is 28.9 Å². The van der Waals surface area contributed by atoms with E-state index in [2.05, 4.69) is 10.6 Å². The summed E-state index contributed by atoms with van der Waals surface area (Å²) in [5, 5.41) is 16.5. The molecule has 5 rings (SSSR count). The van der Waals surface area contributed by atoms with Gasteiger partial charge in [-0.3, -0.25) is 14.4 Å². The molecule has 0 unspecified atom stereocenters. The summed E-state index contributed by atoms with van der Waals surface area (Å²) in [4.78, 5) is 39.4. The zero-order valence-corrected chi connectivity index (χ0v) is 17.8. The molecule has 1 aromatic heterocycles. The number of nitrogens with one attached hydrogen (secondary N) is 2. The number of rotatable bonds is 5. The number of carbonyl (C=O) groups is 3. The van der Waals surface area contributed by atoms with Crippen molar-refractivity contribution in [3.63, 3.8) is 0 Å². The van der Waals surface area contributed by atoms with Crippen molar-refractivity contribution < 1.29 is 19.5 Å². The molecule has 2 fully saturated rings. The number of hydrogen-bond acceptors (Lipinski definition) is 4. The van der Waals surface area contributed by atoms with Gasteiger partial charge in [0.1, 0.15) is 5.00 Å². The van der Waals surface area contributed by atoms with Crippen molar-refractivity contribution in [3.8, 4) is 0 Å². The number of carboxylic acid groups (broad SMARTS) is 1. The molecule has 4 aliphatic carbocycles. The Morgan fingerprint density at radius 2 is 1.67 bits per heavy atom. The monoisotopic (exact) mass is 428 g/mol. The van der Waals surface area contributed by atoms with Crippen LogP contribution >= 0.6 is 11.3 Å². The molecule has 0 aliphatic heterocycles. The van der Waals surface area contributed by atoms with Gasteiger partial charge in [0.2, 0.25) is 5.91 Å². The fourth-order valence-corrected chi connectivity index (χ4v) is 7.22. The second kappa shape index (κ2) is 7.84. The lowest BCUT2D eigenvalue weighted by Crippen LogP contribution is -2.37. The van der Waals surface area contributed by atoms with Crippen molar-refractivity contribution in [3.05, 3.63) is 28.2 Å². The largest absolute Gasteiger partial charge is 0.481 e. The van der Waals surface area contributed by atoms with Crippen LogP contribution in [0.4, 0.5) is 5.00 Å². The van der Waals surface area contributed by atoms with E-state index in [9.17, 15) is 19.5 Å². The minimum Gasteiger partial charge on any atom is -0.481 e. The van der Waals surface area contributed by atoms with Gasteiger partial charge in [0.25, 0.3) is 5.91 Å². The van der Waals surface area contributed by atoms with E-state index in [1.54, 1.807) is 0 Å². The fraction of sp³-hybridized carbons (Fsp3) is 0.609. The Morgan fingerprint density at radius 3 is 2.40 bits per heavy atom. The summed E-state index contributed by atoms with van der Waals surface area (Å²) in [6.07, 6.45) is 12.9. The third-order valence-corrected chi connectivity index (χ3v) is 8.58. The number of hydrogen-bond donors (Lipinski definition) is 3. The first-order valence-electron chi connectivity index (χ1n) is 11.2. The molecule has 0 aromatic carbocycles. The maximum atomic E-state index is 13.2. The minimum atomic E-state index is -0.906. The van der Waals surface area contributed by atoms with Gasteiger partial charge in [-0.15, -0.1) is 11.3 Å². The molecule has 4 aliphatic rings. The zero-order valence-electron chi connectivity index (χ0n) is 17.0. The van der Waals surface area contributed by atoms with E-state index in [4.69, 9.17) is 0 Å². The van der Waals surface area contributed by atoms with E-state index >= 15 is 0 Å². The number of aryl methyl sites for hydroxylation is 1. The average molecular weight is 429 g/mol. The van der Waals surface area contributed by atoms with Gasteiger partial charge in [-0.25, -0.2) is 0 Å². The third kappa shape index (κ3) is 3.37. The Hall–Kier alpha value is -2.15. The summed E-state index contributed by atoms with van der Waals surface area (Å²) in [5.74, 6) is -2.58. The smallest absolute Gasteiger partial charge is 0.307 e. The Balaban J connectivity index is 1.42. The topological polar surface area (TPSA) is 95.5 Å². The summed E-state index contributed by atoms with van der Waals surface area (Å²) in [7, 11) is 0. The zero-order chi connectivity index (χ0) is 20.8. The molecule has 1 aromatic rings. The Morgan fingerprint density at radius 1 is 0.967 bits per heavy atom. The number of carbonyl (C=O) groups excluding carboxylic acids is 2. The van der Waals surface area contributed by atoms with Gasteiger partial charge < -0.3 is 15.7 Å². The van der Waals surface area contributed by atoms with E-state index in [0.29, 0.717) is 10.6 Å². The molecule has 30 heavy (non-hydrogen) atoms. The maximum absolute atomic E-state index is 13.2. The van der Waals surface area contributed by atoms with Crippen LogP contribution in [0.25, 0.3) is 0 Å². The molecule has 2 amide bonds. The third-order valence-electron chi connectivity index (χ3n) is 7.37. The first-order chi connectivity index (χ1) is 14.5. The number of aliphatic carboxylic acids is 1. The van der Waals surface area contributed by atoms with Crippen LogP contribution in [0.15, 0.2) is 12.2 Å². The molecule has 0 radical (unpaired) electrons. The highest BCUT2D eigenvalue weighted by atomic mass is 32.1. The number of thiophene rings is 1. The molecule has 2 bridgehead atoms. The molecule has 7 heteroatoms. The van der Waals surface area contributed by atoms with Crippen LogP contribution in [0.5, 0.6) is 0 Å². The number of allylic oxidation sites excluding steroid dienone is 2. The lowest BCUT2D eigenvalue weighted by molar-refractivity contribution is -0.146. The van der Waals surface area contributed by atoms with Crippen molar-refractivity contribution in [2.24, 2.45) is 23.7 Å². The normalized spacial score (nSPS) is 29.7. The van der Waals surface area contributed by atoms with Crippen LogP contribution < -0.4 is 10.6 Å².